The summed E-state index contributed by atoms with van der Waals surface area (Å²) in [6.07, 6.45) is 1.12. The van der Waals surface area contributed by atoms with Crippen molar-refractivity contribution in [2.24, 2.45) is 0 Å². The third-order valence-electron chi connectivity index (χ3n) is 4.99. The summed E-state index contributed by atoms with van der Waals surface area (Å²) >= 11 is 3.05. The fourth-order valence-corrected chi connectivity index (χ4v) is 5.00. The molecule has 3 N–H and O–H groups in total. The lowest BCUT2D eigenvalue weighted by atomic mass is 9.88. The number of carbonyl (C=O) groups is 1. The Balaban J connectivity index is 2.14. The molecule has 0 saturated carbocycles. The van der Waals surface area contributed by atoms with Crippen LogP contribution in [0.25, 0.3) is 0 Å². The first-order valence-corrected chi connectivity index (χ1v) is 11.4. The second-order valence-electron chi connectivity index (χ2n) is 7.05. The van der Waals surface area contributed by atoms with Crippen molar-refractivity contribution in [1.29, 1.82) is 0 Å². The van der Waals surface area contributed by atoms with Gasteiger partial charge in [0, 0.05) is 16.6 Å². The zero-order valence-electron chi connectivity index (χ0n) is 17.0. The second kappa shape index (κ2) is 8.92. The van der Waals surface area contributed by atoms with Crippen LogP contribution in [0.3, 0.4) is 0 Å². The first-order valence-electron chi connectivity index (χ1n) is 9.14. The fraction of sp³-hybridized carbons (Fsp3) is 0.263. The molecule has 0 spiro atoms. The van der Waals surface area contributed by atoms with Crippen molar-refractivity contribution >= 4 is 31.9 Å². The molecule has 0 aliphatic heterocycles. The highest BCUT2D eigenvalue weighted by Gasteiger charge is 2.35. The number of nitrogens with zero attached hydrogens (tertiary/aromatic N) is 2. The molecule has 3 rings (SSSR count). The lowest BCUT2D eigenvalue weighted by molar-refractivity contribution is 0.0691. The zero-order valence-corrected chi connectivity index (χ0v) is 19.4. The van der Waals surface area contributed by atoms with E-state index in [0.29, 0.717) is 5.56 Å². The molecule has 170 valence electrons. The van der Waals surface area contributed by atoms with Crippen LogP contribution in [0.2, 0.25) is 0 Å². The molecule has 2 atom stereocenters. The van der Waals surface area contributed by atoms with E-state index in [9.17, 15) is 27.5 Å². The summed E-state index contributed by atoms with van der Waals surface area (Å²) in [7, 11) is -4.58. The van der Waals surface area contributed by atoms with E-state index in [-0.39, 0.29) is 15.9 Å². The molecule has 0 aliphatic carbocycles. The average molecular weight is 529 g/mol. The van der Waals surface area contributed by atoms with Crippen LogP contribution in [0.4, 0.5) is 4.39 Å². The lowest BCUT2D eigenvalue weighted by Crippen LogP contribution is -2.34. The van der Waals surface area contributed by atoms with Crippen LogP contribution in [0.15, 0.2) is 43.1 Å². The number of aromatic amines is 1. The van der Waals surface area contributed by atoms with Crippen LogP contribution in [-0.2, 0) is 10.0 Å². The molecule has 13 heteroatoms. The molecule has 2 heterocycles. The van der Waals surface area contributed by atoms with E-state index >= 15 is 0 Å². The molecule has 10 nitrogen and oxygen atoms in total. The van der Waals surface area contributed by atoms with Gasteiger partial charge in [-0.15, -0.1) is 5.10 Å². The van der Waals surface area contributed by atoms with Gasteiger partial charge in [-0.2, -0.15) is 4.72 Å². The molecular weight excluding hydrogens is 511 g/mol. The number of pyridine rings is 1. The predicted molar refractivity (Wildman–Crippen MR) is 113 cm³/mol. The Morgan fingerprint density at radius 3 is 2.62 bits per heavy atom. The molecule has 0 amide bonds. The number of carboxylic acids is 1. The Morgan fingerprint density at radius 2 is 2.03 bits per heavy atom. The van der Waals surface area contributed by atoms with Crippen molar-refractivity contribution in [2.75, 3.05) is 0 Å². The number of hydrogen-bond donors (Lipinski definition) is 3. The Morgan fingerprint density at radius 1 is 1.34 bits per heavy atom. The highest BCUT2D eigenvalue weighted by Crippen LogP contribution is 2.35. The summed E-state index contributed by atoms with van der Waals surface area (Å²) in [5.41, 5.74) is 0.943. The lowest BCUT2D eigenvalue weighted by Gasteiger charge is -2.25. The van der Waals surface area contributed by atoms with Gasteiger partial charge in [0.25, 0.3) is 10.0 Å². The van der Waals surface area contributed by atoms with Crippen LogP contribution in [-0.4, -0.2) is 34.7 Å². The van der Waals surface area contributed by atoms with Crippen molar-refractivity contribution in [3.05, 3.63) is 73.4 Å². The molecule has 0 fully saturated rings. The van der Waals surface area contributed by atoms with E-state index in [1.54, 1.807) is 19.9 Å². The number of nitrogens with one attached hydrogen (secondary N) is 2. The van der Waals surface area contributed by atoms with Crippen LogP contribution in [0, 0.1) is 19.7 Å². The number of benzene rings is 1. The van der Waals surface area contributed by atoms with Gasteiger partial charge in [-0.3, -0.25) is 0 Å². The van der Waals surface area contributed by atoms with Gasteiger partial charge in [0.2, 0.25) is 5.89 Å². The number of aryl methyl sites for hydroxylation is 1. The summed E-state index contributed by atoms with van der Waals surface area (Å²) in [5, 5.41) is 14.4. The molecule has 0 aliphatic rings. The van der Waals surface area contributed by atoms with Gasteiger partial charge in [-0.1, -0.05) is 13.0 Å². The van der Waals surface area contributed by atoms with Gasteiger partial charge in [-0.05, 0) is 58.6 Å². The number of sulfonamides is 1. The molecule has 2 aromatic heterocycles. The molecular formula is C19H18BrFN4O6S. The maximum Gasteiger partial charge on any atom is 0.434 e. The summed E-state index contributed by atoms with van der Waals surface area (Å²) in [4.78, 5) is 26.8. The highest BCUT2D eigenvalue weighted by molar-refractivity contribution is 9.10. The van der Waals surface area contributed by atoms with Gasteiger partial charge in [0.05, 0.1) is 5.56 Å². The summed E-state index contributed by atoms with van der Waals surface area (Å²) in [5.74, 6) is -4.29. The molecule has 32 heavy (non-hydrogen) atoms. The predicted octanol–water partition coefficient (Wildman–Crippen LogP) is 2.80. The quantitative estimate of drug-likeness (QED) is 0.422. The maximum atomic E-state index is 14.7. The smallest absolute Gasteiger partial charge is 0.434 e. The van der Waals surface area contributed by atoms with E-state index in [1.165, 1.54) is 13.0 Å². The van der Waals surface area contributed by atoms with Crippen molar-refractivity contribution in [3.8, 4) is 0 Å². The van der Waals surface area contributed by atoms with E-state index in [4.69, 9.17) is 4.42 Å². The fourth-order valence-electron chi connectivity index (χ4n) is 3.29. The number of halogens is 2. The maximum absolute atomic E-state index is 14.7. The summed E-state index contributed by atoms with van der Waals surface area (Å²) in [6, 6.07) is 2.56. The molecule has 0 bridgehead atoms. The van der Waals surface area contributed by atoms with Gasteiger partial charge in [-0.25, -0.2) is 32.5 Å². The van der Waals surface area contributed by atoms with Crippen LogP contribution >= 0.6 is 15.9 Å². The molecule has 1 aromatic carbocycles. The van der Waals surface area contributed by atoms with Gasteiger partial charge < -0.3 is 9.52 Å². The van der Waals surface area contributed by atoms with Gasteiger partial charge >= 0.3 is 11.7 Å². The minimum absolute atomic E-state index is 0.186. The SMILES string of the molecule is Cc1ccc(F)c(C(C)C(NS(=O)(=O)c2ncc(Br)cc2C(=O)O)c2n[nH]c(=O)o2)c1C. The Kier molecular flexibility index (Phi) is 6.62. The first kappa shape index (κ1) is 23.8. The Hall–Kier alpha value is -2.90. The van der Waals surface area contributed by atoms with Gasteiger partial charge in [0.15, 0.2) is 5.03 Å². The van der Waals surface area contributed by atoms with Crippen LogP contribution < -0.4 is 10.5 Å². The second-order valence-corrected chi connectivity index (χ2v) is 9.60. The summed E-state index contributed by atoms with van der Waals surface area (Å²) in [6.45, 7) is 4.97. The van der Waals surface area contributed by atoms with E-state index < -0.39 is 50.1 Å². The number of rotatable bonds is 7. The number of aromatic carboxylic acids is 1. The molecule has 0 saturated heterocycles. The third kappa shape index (κ3) is 4.64. The van der Waals surface area contributed by atoms with Crippen molar-refractivity contribution in [1.82, 2.24) is 19.9 Å². The van der Waals surface area contributed by atoms with Crippen molar-refractivity contribution < 1.29 is 27.1 Å². The van der Waals surface area contributed by atoms with E-state index in [2.05, 4.69) is 30.7 Å². The Bertz CT molecular complexity index is 1350. The van der Waals surface area contributed by atoms with E-state index in [1.807, 2.05) is 5.10 Å². The van der Waals surface area contributed by atoms with Crippen molar-refractivity contribution in [3.63, 3.8) is 0 Å². The third-order valence-corrected chi connectivity index (χ3v) is 6.83. The number of carboxylic acid groups (broad SMARTS) is 1. The molecule has 2 unspecified atom stereocenters. The zero-order chi connectivity index (χ0) is 23.8. The number of H-pyrrole nitrogens is 1. The largest absolute Gasteiger partial charge is 0.478 e. The highest BCUT2D eigenvalue weighted by atomic mass is 79.9. The molecule has 0 radical (unpaired) electrons. The first-order chi connectivity index (χ1) is 14.9. The van der Waals surface area contributed by atoms with Crippen LogP contribution in [0.5, 0.6) is 0 Å². The number of aromatic nitrogens is 3. The van der Waals surface area contributed by atoms with Crippen LogP contribution in [0.1, 0.15) is 51.8 Å². The standard InChI is InChI=1S/C19H18BrFN4O6S/c1-8-4-5-13(21)14(9(8)2)10(3)15(16-23-24-19(28)31-16)25-32(29,30)17-12(18(26)27)6-11(20)7-22-17/h4-7,10,15,25H,1-3H3,(H,24,28)(H,26,27). The number of hydrogen-bond acceptors (Lipinski definition) is 7. The monoisotopic (exact) mass is 528 g/mol. The normalized spacial score (nSPS) is 13.7. The van der Waals surface area contributed by atoms with E-state index in [0.717, 1.165) is 17.8 Å². The minimum atomic E-state index is -4.58. The van der Waals surface area contributed by atoms with Crippen molar-refractivity contribution in [2.45, 2.75) is 37.8 Å². The summed E-state index contributed by atoms with van der Waals surface area (Å²) < 4.78 is 48.5. The Labute approximate surface area is 190 Å². The topological polar surface area (TPSA) is 155 Å². The van der Waals surface area contributed by atoms with Gasteiger partial charge in [0.1, 0.15) is 11.9 Å². The molecule has 3 aromatic rings. The average Bonchev–Trinajstić information content (AvgIpc) is 3.15. The minimum Gasteiger partial charge on any atom is -0.478 e.